The standard InChI is InChI=1S/C15H9Cl3O/c1-2-3-8-4-9(16)5-11-14-12(18)6-10(17)7-13(14)19-15(8)11/h2,4-7H,1,3H2. The molecule has 0 saturated heterocycles. The Kier molecular flexibility index (Phi) is 3.22. The van der Waals surface area contributed by atoms with Gasteiger partial charge in [-0.05, 0) is 24.6 Å². The SMILES string of the molecule is C=CCc1cc(Cl)cc2c1oc1cc(Cl)cc(Cl)c12. The molecular weight excluding hydrogens is 303 g/mol. The molecule has 0 radical (unpaired) electrons. The highest BCUT2D eigenvalue weighted by atomic mass is 35.5. The molecule has 0 aliphatic heterocycles. The van der Waals surface area contributed by atoms with Crippen molar-refractivity contribution in [3.63, 3.8) is 0 Å². The maximum atomic E-state index is 6.26. The Morgan fingerprint density at radius 3 is 2.53 bits per heavy atom. The van der Waals surface area contributed by atoms with Crippen LogP contribution < -0.4 is 0 Å². The molecular formula is C15H9Cl3O. The molecule has 0 unspecified atom stereocenters. The number of hydrogen-bond donors (Lipinski definition) is 0. The summed E-state index contributed by atoms with van der Waals surface area (Å²) < 4.78 is 5.88. The molecule has 0 saturated carbocycles. The summed E-state index contributed by atoms with van der Waals surface area (Å²) in [6.45, 7) is 3.75. The summed E-state index contributed by atoms with van der Waals surface area (Å²) in [5.74, 6) is 0. The van der Waals surface area contributed by atoms with Gasteiger partial charge in [-0.15, -0.1) is 6.58 Å². The second-order valence-corrected chi connectivity index (χ2v) is 5.58. The van der Waals surface area contributed by atoms with Gasteiger partial charge in [0.25, 0.3) is 0 Å². The molecule has 0 N–H and O–H groups in total. The van der Waals surface area contributed by atoms with Gasteiger partial charge < -0.3 is 4.42 Å². The Hall–Kier alpha value is -1.15. The molecule has 1 heterocycles. The highest BCUT2D eigenvalue weighted by Crippen LogP contribution is 2.39. The first-order chi connectivity index (χ1) is 9.10. The summed E-state index contributed by atoms with van der Waals surface area (Å²) in [6, 6.07) is 7.20. The van der Waals surface area contributed by atoms with Crippen molar-refractivity contribution < 1.29 is 4.42 Å². The van der Waals surface area contributed by atoms with Gasteiger partial charge in [-0.2, -0.15) is 0 Å². The first kappa shape index (κ1) is 12.9. The third-order valence-corrected chi connectivity index (χ3v) is 3.73. The molecule has 1 nitrogen and oxygen atoms in total. The molecule has 3 rings (SSSR count). The van der Waals surface area contributed by atoms with Crippen molar-refractivity contribution in [3.05, 3.63) is 57.6 Å². The second kappa shape index (κ2) is 4.75. The van der Waals surface area contributed by atoms with Gasteiger partial charge in [-0.1, -0.05) is 40.9 Å². The fourth-order valence-electron chi connectivity index (χ4n) is 2.27. The zero-order chi connectivity index (χ0) is 13.6. The van der Waals surface area contributed by atoms with E-state index in [-0.39, 0.29) is 0 Å². The van der Waals surface area contributed by atoms with E-state index in [9.17, 15) is 0 Å². The summed E-state index contributed by atoms with van der Waals surface area (Å²) >= 11 is 18.4. The van der Waals surface area contributed by atoms with Gasteiger partial charge in [0.15, 0.2) is 0 Å². The summed E-state index contributed by atoms with van der Waals surface area (Å²) in [5.41, 5.74) is 2.43. The molecule has 0 spiro atoms. The lowest BCUT2D eigenvalue weighted by molar-refractivity contribution is 0.664. The van der Waals surface area contributed by atoms with E-state index >= 15 is 0 Å². The Balaban J connectivity index is 2.49. The zero-order valence-corrected chi connectivity index (χ0v) is 12.1. The molecule has 0 atom stereocenters. The van der Waals surface area contributed by atoms with Gasteiger partial charge in [0, 0.05) is 32.4 Å². The average molecular weight is 312 g/mol. The van der Waals surface area contributed by atoms with Gasteiger partial charge in [0.1, 0.15) is 11.2 Å². The summed E-state index contributed by atoms with van der Waals surface area (Å²) in [7, 11) is 0. The molecule has 0 bridgehead atoms. The van der Waals surface area contributed by atoms with Gasteiger partial charge >= 0.3 is 0 Å². The van der Waals surface area contributed by atoms with Crippen LogP contribution in [0.5, 0.6) is 0 Å². The van der Waals surface area contributed by atoms with E-state index < -0.39 is 0 Å². The van der Waals surface area contributed by atoms with E-state index in [1.807, 2.05) is 18.2 Å². The van der Waals surface area contributed by atoms with E-state index in [1.165, 1.54) is 0 Å². The van der Waals surface area contributed by atoms with Crippen molar-refractivity contribution in [3.8, 4) is 0 Å². The highest BCUT2D eigenvalue weighted by Gasteiger charge is 2.15. The Morgan fingerprint density at radius 1 is 1.05 bits per heavy atom. The molecule has 0 fully saturated rings. The van der Waals surface area contributed by atoms with E-state index in [4.69, 9.17) is 39.2 Å². The van der Waals surface area contributed by atoms with Crippen LogP contribution >= 0.6 is 34.8 Å². The average Bonchev–Trinajstić information content (AvgIpc) is 2.67. The predicted octanol–water partition coefficient (Wildman–Crippen LogP) is 6.27. The highest BCUT2D eigenvalue weighted by molar-refractivity contribution is 6.40. The predicted molar refractivity (Wildman–Crippen MR) is 82.7 cm³/mol. The lowest BCUT2D eigenvalue weighted by atomic mass is 10.1. The number of allylic oxidation sites excluding steroid dienone is 1. The van der Waals surface area contributed by atoms with Crippen LogP contribution in [0.3, 0.4) is 0 Å². The maximum absolute atomic E-state index is 6.26. The molecule has 3 aromatic rings. The minimum atomic E-state index is 0.549. The van der Waals surface area contributed by atoms with Gasteiger partial charge in [0.2, 0.25) is 0 Å². The fraction of sp³-hybridized carbons (Fsp3) is 0.0667. The number of halogens is 3. The summed E-state index contributed by atoms with van der Waals surface area (Å²) in [4.78, 5) is 0. The minimum absolute atomic E-state index is 0.549. The Labute approximate surface area is 125 Å². The third-order valence-electron chi connectivity index (χ3n) is 3.00. The van der Waals surface area contributed by atoms with E-state index in [0.29, 0.717) is 27.1 Å². The lowest BCUT2D eigenvalue weighted by Gasteiger charge is -2.00. The van der Waals surface area contributed by atoms with Crippen LogP contribution in [-0.4, -0.2) is 0 Å². The van der Waals surface area contributed by atoms with Crippen molar-refractivity contribution in [2.45, 2.75) is 6.42 Å². The van der Waals surface area contributed by atoms with Crippen molar-refractivity contribution in [2.75, 3.05) is 0 Å². The Bertz CT molecular complexity index is 802. The van der Waals surface area contributed by atoms with Gasteiger partial charge in [-0.3, -0.25) is 0 Å². The number of rotatable bonds is 2. The van der Waals surface area contributed by atoms with Crippen molar-refractivity contribution in [1.29, 1.82) is 0 Å². The molecule has 0 aliphatic rings. The normalized spacial score (nSPS) is 11.3. The van der Waals surface area contributed by atoms with E-state index in [0.717, 1.165) is 21.9 Å². The van der Waals surface area contributed by atoms with Crippen LogP contribution in [0.1, 0.15) is 5.56 Å². The van der Waals surface area contributed by atoms with Gasteiger partial charge in [0.05, 0.1) is 5.02 Å². The van der Waals surface area contributed by atoms with E-state index in [2.05, 4.69) is 6.58 Å². The summed E-state index contributed by atoms with van der Waals surface area (Å²) in [5, 5.41) is 3.51. The molecule has 1 aromatic heterocycles. The zero-order valence-electron chi connectivity index (χ0n) is 9.84. The van der Waals surface area contributed by atoms with Crippen molar-refractivity contribution in [1.82, 2.24) is 0 Å². The van der Waals surface area contributed by atoms with Crippen LogP contribution in [0.25, 0.3) is 21.9 Å². The molecule has 2 aromatic carbocycles. The van der Waals surface area contributed by atoms with E-state index in [1.54, 1.807) is 12.1 Å². The molecule has 19 heavy (non-hydrogen) atoms. The van der Waals surface area contributed by atoms with Crippen molar-refractivity contribution in [2.24, 2.45) is 0 Å². The lowest BCUT2D eigenvalue weighted by Crippen LogP contribution is -1.82. The van der Waals surface area contributed by atoms with Crippen LogP contribution in [0.15, 0.2) is 41.3 Å². The van der Waals surface area contributed by atoms with Gasteiger partial charge in [-0.25, -0.2) is 0 Å². The molecule has 96 valence electrons. The van der Waals surface area contributed by atoms with Crippen molar-refractivity contribution >= 4 is 56.7 Å². The number of benzene rings is 2. The summed E-state index contributed by atoms with van der Waals surface area (Å²) in [6.07, 6.45) is 2.50. The monoisotopic (exact) mass is 310 g/mol. The largest absolute Gasteiger partial charge is 0.456 e. The Morgan fingerprint density at radius 2 is 1.79 bits per heavy atom. The van der Waals surface area contributed by atoms with Crippen LogP contribution in [0.2, 0.25) is 15.1 Å². The smallest absolute Gasteiger partial charge is 0.139 e. The van der Waals surface area contributed by atoms with Crippen LogP contribution in [0, 0.1) is 0 Å². The topological polar surface area (TPSA) is 13.1 Å². The quantitative estimate of drug-likeness (QED) is 0.508. The van der Waals surface area contributed by atoms with Crippen LogP contribution in [0.4, 0.5) is 0 Å². The van der Waals surface area contributed by atoms with Crippen LogP contribution in [-0.2, 0) is 6.42 Å². The number of hydrogen-bond acceptors (Lipinski definition) is 1. The maximum Gasteiger partial charge on any atom is 0.139 e. The number of furan rings is 1. The number of fused-ring (bicyclic) bond motifs is 3. The third kappa shape index (κ3) is 2.12. The minimum Gasteiger partial charge on any atom is -0.456 e. The first-order valence-corrected chi connectivity index (χ1v) is 6.84. The molecule has 4 heteroatoms. The molecule has 0 aliphatic carbocycles. The molecule has 0 amide bonds. The first-order valence-electron chi connectivity index (χ1n) is 5.70. The fourth-order valence-corrected chi connectivity index (χ4v) is 3.08. The second-order valence-electron chi connectivity index (χ2n) is 4.30.